The molecule has 2 saturated heterocycles. The number of piperidine rings is 1. The van der Waals surface area contributed by atoms with E-state index in [-0.39, 0.29) is 43.9 Å². The van der Waals surface area contributed by atoms with Crippen LogP contribution in [0.3, 0.4) is 0 Å². The minimum Gasteiger partial charge on any atom is -0.342 e. The summed E-state index contributed by atoms with van der Waals surface area (Å²) in [5, 5.41) is 11.8. The van der Waals surface area contributed by atoms with E-state index in [0.717, 1.165) is 29.6 Å². The molecule has 2 aliphatic heterocycles. The topological polar surface area (TPSA) is 279 Å². The van der Waals surface area contributed by atoms with Crippen LogP contribution in [0.25, 0.3) is 0 Å². The molecule has 2 aromatic carbocycles. The lowest BCUT2D eigenvalue weighted by molar-refractivity contribution is -0.152. The van der Waals surface area contributed by atoms with Crippen LogP contribution >= 0.6 is 34.2 Å². The van der Waals surface area contributed by atoms with Crippen molar-refractivity contribution in [2.75, 3.05) is 82.1 Å². The fraction of sp³-hybridized carbons (Fsp3) is 0.618. The highest BCUT2D eigenvalue weighted by atomic mass is 127. The van der Waals surface area contributed by atoms with Gasteiger partial charge in [0.25, 0.3) is 0 Å². The molecule has 8 atom stereocenters. The Morgan fingerprint density at radius 3 is 1.78 bits per heavy atom. The number of likely N-dealkylation sites (N-methyl/N-ethyl adjacent to an activating group) is 7. The van der Waals surface area contributed by atoms with Crippen LogP contribution in [0.5, 0.6) is 0 Å². The highest BCUT2D eigenvalue weighted by Crippen LogP contribution is 2.24. The number of likely N-dealkylation sites (tertiary alicyclic amines) is 1. The van der Waals surface area contributed by atoms with E-state index in [1.807, 2.05) is 46.8 Å². The van der Waals surface area contributed by atoms with Crippen molar-refractivity contribution in [2.45, 2.75) is 174 Å². The number of hydrogen-bond acceptors (Lipinski definition) is 12. The van der Waals surface area contributed by atoms with Crippen LogP contribution in [0.1, 0.15) is 125 Å². The molecule has 0 radical (unpaired) electrons. The number of benzene rings is 2. The van der Waals surface area contributed by atoms with Gasteiger partial charge in [-0.15, -0.1) is 6.58 Å². The Labute approximate surface area is 574 Å². The number of nitrogens with one attached hydrogen (secondary N) is 4. The van der Waals surface area contributed by atoms with Gasteiger partial charge in [0.05, 0.1) is 26.1 Å². The van der Waals surface area contributed by atoms with E-state index in [4.69, 9.17) is 11.6 Å². The van der Waals surface area contributed by atoms with Gasteiger partial charge in [0.1, 0.15) is 47.8 Å². The summed E-state index contributed by atoms with van der Waals surface area (Å²) in [5.74, 6) is -9.12. The minimum atomic E-state index is -1.73. The fourth-order valence-corrected chi connectivity index (χ4v) is 12.0. The molecule has 2 aliphatic rings. The lowest BCUT2D eigenvalue weighted by Crippen LogP contribution is -2.63. The molecule has 2 fully saturated rings. The number of nitrogens with zero attached hydrogens (tertiary/aromatic N) is 8. The van der Waals surface area contributed by atoms with E-state index in [9.17, 15) is 52.7 Å². The monoisotopic (exact) mass is 1440 g/mol. The standard InChI is InChI=1S/C68H102ClIN12O12/c1-18-44(8)59-66(93)77(13)39-57(85)75(11)40-58(86)79(15)53(36-45-25-27-47(69)28-26-45)64(91)76(12)38-55(83)71-49(35-46-23-22-24-48(70)34-46)60(87)72-51(32-42(4)5)63(90)81(17)68(9,10)67(94)73-50(31-41(2)3)62(89)80(16)54(65(92)82-29-20-19-21-30-82)37-56(84)78(14)52(33-43(6)7)61(88)74-59/h22-28,34,41,43-44,49-54,59H,4,18-21,29-33,35-40H2,1-3,5-17H3,(H,71,83)(H,72,87)(H,73,94)(H,74,88)/t44-,49-,50-,51-,52-,53-,54?,59-/m0/s1. The Bertz CT molecular complexity index is 3070. The third-order valence-electron chi connectivity index (χ3n) is 17.7. The molecule has 0 saturated carbocycles. The van der Waals surface area contributed by atoms with E-state index in [0.29, 0.717) is 54.1 Å². The molecular weight excluding hydrogens is 1340 g/mol. The van der Waals surface area contributed by atoms with Gasteiger partial charge >= 0.3 is 0 Å². The molecule has 4 N–H and O–H groups in total. The van der Waals surface area contributed by atoms with E-state index >= 15 is 4.79 Å². The van der Waals surface area contributed by atoms with Crippen molar-refractivity contribution in [3.63, 3.8) is 0 Å². The summed E-state index contributed by atoms with van der Waals surface area (Å²) in [6.45, 7) is 18.7. The average molecular weight is 1440 g/mol. The molecule has 24 nitrogen and oxygen atoms in total. The van der Waals surface area contributed by atoms with Gasteiger partial charge in [0.2, 0.25) is 70.9 Å². The first-order valence-electron chi connectivity index (χ1n) is 32.3. The Hall–Kier alpha value is -7.16. The molecule has 0 aromatic heterocycles. The zero-order valence-corrected chi connectivity index (χ0v) is 60.9. The van der Waals surface area contributed by atoms with Crippen LogP contribution in [0.15, 0.2) is 60.7 Å². The molecular formula is C68H102ClIN12O12. The van der Waals surface area contributed by atoms with Crippen molar-refractivity contribution in [1.29, 1.82) is 0 Å². The third-order valence-corrected chi connectivity index (χ3v) is 18.7. The molecule has 0 spiro atoms. The van der Waals surface area contributed by atoms with Crippen LogP contribution in [0, 0.1) is 21.3 Å². The fourth-order valence-electron chi connectivity index (χ4n) is 11.3. The normalized spacial score (nSPS) is 23.9. The number of hydrogen-bond donors (Lipinski definition) is 4. The summed E-state index contributed by atoms with van der Waals surface area (Å²) in [6, 6.07) is 4.76. The average Bonchev–Trinajstić information content (AvgIpc) is 0.825. The first-order chi connectivity index (χ1) is 43.9. The van der Waals surface area contributed by atoms with E-state index in [1.165, 1.54) is 77.9 Å². The lowest BCUT2D eigenvalue weighted by Gasteiger charge is -2.39. The second kappa shape index (κ2) is 36.1. The van der Waals surface area contributed by atoms with Crippen molar-refractivity contribution in [3.8, 4) is 0 Å². The maximum atomic E-state index is 15.1. The summed E-state index contributed by atoms with van der Waals surface area (Å²) in [6.07, 6.45) is 2.06. The molecule has 26 heteroatoms. The third kappa shape index (κ3) is 22.5. The maximum Gasteiger partial charge on any atom is 0.246 e. The molecule has 12 amide bonds. The smallest absolute Gasteiger partial charge is 0.246 e. The number of rotatable bonds is 13. The van der Waals surface area contributed by atoms with Crippen molar-refractivity contribution in [3.05, 3.63) is 80.4 Å². The number of halogens is 2. The molecule has 1 unspecified atom stereocenters. The Kier molecular flexibility index (Phi) is 30.4. The summed E-state index contributed by atoms with van der Waals surface area (Å²) >= 11 is 8.35. The van der Waals surface area contributed by atoms with Crippen LogP contribution in [0.2, 0.25) is 5.02 Å². The Morgan fingerprint density at radius 1 is 0.617 bits per heavy atom. The largest absolute Gasteiger partial charge is 0.342 e. The predicted molar refractivity (Wildman–Crippen MR) is 368 cm³/mol. The van der Waals surface area contributed by atoms with Gasteiger partial charge in [-0.1, -0.05) is 89.4 Å². The van der Waals surface area contributed by atoms with E-state index in [2.05, 4.69) is 50.4 Å². The Balaban J connectivity index is 1.89. The molecule has 2 heterocycles. The summed E-state index contributed by atoms with van der Waals surface area (Å²) in [4.78, 5) is 186. The molecule has 0 aliphatic carbocycles. The number of amides is 12. The minimum absolute atomic E-state index is 0.0561. The van der Waals surface area contributed by atoms with Crippen molar-refractivity contribution < 1.29 is 57.5 Å². The summed E-state index contributed by atoms with van der Waals surface area (Å²) in [5.41, 5.74) is -0.00123. The molecule has 2 aromatic rings. The zero-order valence-electron chi connectivity index (χ0n) is 57.9. The quantitative estimate of drug-likeness (QED) is 0.162. The van der Waals surface area contributed by atoms with Gasteiger partial charge in [-0.3, -0.25) is 57.5 Å². The molecule has 94 heavy (non-hydrogen) atoms. The van der Waals surface area contributed by atoms with Gasteiger partial charge < -0.3 is 60.5 Å². The zero-order chi connectivity index (χ0) is 70.8. The second-order valence-corrected chi connectivity index (χ2v) is 28.5. The van der Waals surface area contributed by atoms with Gasteiger partial charge in [0.15, 0.2) is 0 Å². The maximum absolute atomic E-state index is 15.1. The lowest BCUT2D eigenvalue weighted by atomic mass is 9.95. The Morgan fingerprint density at radius 2 is 1.20 bits per heavy atom. The van der Waals surface area contributed by atoms with Crippen molar-refractivity contribution >= 4 is 105 Å². The predicted octanol–water partition coefficient (Wildman–Crippen LogP) is 4.28. The highest BCUT2D eigenvalue weighted by molar-refractivity contribution is 14.1. The van der Waals surface area contributed by atoms with Gasteiger partial charge in [-0.25, -0.2) is 0 Å². The molecule has 4 rings (SSSR count). The first-order valence-corrected chi connectivity index (χ1v) is 33.8. The van der Waals surface area contributed by atoms with E-state index < -0.39 is 151 Å². The number of carbonyl (C=O) groups excluding carboxylic acids is 12. The summed E-state index contributed by atoms with van der Waals surface area (Å²) < 4.78 is 0.831. The molecule has 520 valence electrons. The molecule has 0 bridgehead atoms. The highest BCUT2D eigenvalue weighted by Gasteiger charge is 2.44. The van der Waals surface area contributed by atoms with Crippen LogP contribution < -0.4 is 21.3 Å². The van der Waals surface area contributed by atoms with E-state index in [1.54, 1.807) is 55.1 Å². The van der Waals surface area contributed by atoms with Gasteiger partial charge in [-0.2, -0.15) is 0 Å². The van der Waals surface area contributed by atoms with Crippen molar-refractivity contribution in [2.24, 2.45) is 17.8 Å². The summed E-state index contributed by atoms with van der Waals surface area (Å²) in [7, 11) is 9.70. The number of carbonyl (C=O) groups is 12. The SMILES string of the molecule is C=C(C)C[C@@H]1NC(=O)[C@H](Cc2cccc(I)c2)NC(=O)CN(C)C(=O)[C@H](Cc2ccc(Cl)cc2)N(C)C(=O)CN(C)C(=O)CN(C)C(=O)[C@H]([C@@H](C)CC)NC(=O)[C@H](CC(C)C)N(C)C(=O)CC(C(=O)N2CCCCC2)N(C)C(=O)[C@H](CC(C)C)NC(=O)C(C)(C)N(C)C1=O. The second-order valence-electron chi connectivity index (χ2n) is 26.9. The van der Waals surface area contributed by atoms with Gasteiger partial charge in [-0.05, 0) is 135 Å². The van der Waals surface area contributed by atoms with Crippen LogP contribution in [-0.4, -0.2) is 240 Å². The van der Waals surface area contributed by atoms with Crippen LogP contribution in [-0.2, 0) is 70.4 Å². The first kappa shape index (κ1) is 79.3. The van der Waals surface area contributed by atoms with Gasteiger partial charge in [0, 0.05) is 83.9 Å². The van der Waals surface area contributed by atoms with Crippen molar-refractivity contribution in [1.82, 2.24) is 60.5 Å². The van der Waals surface area contributed by atoms with Crippen LogP contribution in [0.4, 0.5) is 0 Å².